The maximum absolute atomic E-state index is 12.5. The van der Waals surface area contributed by atoms with E-state index in [0.29, 0.717) is 35.7 Å². The summed E-state index contributed by atoms with van der Waals surface area (Å²) >= 11 is 6.98. The quantitative estimate of drug-likeness (QED) is 0.782. The molecule has 1 aromatic heterocycles. The Morgan fingerprint density at radius 3 is 2.95 bits per heavy atom. The van der Waals surface area contributed by atoms with Crippen molar-refractivity contribution in [2.24, 2.45) is 5.92 Å². The van der Waals surface area contributed by atoms with Gasteiger partial charge in [0, 0.05) is 25.1 Å². The van der Waals surface area contributed by atoms with Gasteiger partial charge in [0.15, 0.2) is 0 Å². The summed E-state index contributed by atoms with van der Waals surface area (Å²) in [7, 11) is -1.71. The molecule has 19 heavy (non-hydrogen) atoms. The largest absolute Gasteiger partial charge is 0.384 e. The van der Waals surface area contributed by atoms with Crippen LogP contribution >= 0.6 is 22.9 Å². The highest BCUT2D eigenvalue weighted by atomic mass is 35.5. The molecule has 0 aromatic carbocycles. The van der Waals surface area contributed by atoms with Crippen LogP contribution in [0.25, 0.3) is 0 Å². The third kappa shape index (κ3) is 3.49. The molecule has 1 aliphatic heterocycles. The van der Waals surface area contributed by atoms with Crippen molar-refractivity contribution in [2.75, 3.05) is 26.8 Å². The number of halogens is 1. The van der Waals surface area contributed by atoms with E-state index in [9.17, 15) is 8.42 Å². The Kier molecular flexibility index (Phi) is 5.25. The second-order valence-electron chi connectivity index (χ2n) is 4.68. The molecule has 0 spiro atoms. The minimum Gasteiger partial charge on any atom is -0.384 e. The molecule has 0 amide bonds. The summed E-state index contributed by atoms with van der Waals surface area (Å²) in [6.07, 6.45) is 1.91. The summed E-state index contributed by atoms with van der Waals surface area (Å²) in [6, 6.07) is 3.43. The molecule has 0 bridgehead atoms. The van der Waals surface area contributed by atoms with E-state index in [1.165, 1.54) is 11.3 Å². The van der Waals surface area contributed by atoms with Crippen molar-refractivity contribution in [2.45, 2.75) is 22.9 Å². The zero-order chi connectivity index (χ0) is 13.9. The van der Waals surface area contributed by atoms with Gasteiger partial charge in [-0.05, 0) is 30.9 Å². The number of hydrogen-bond donors (Lipinski definition) is 0. The molecule has 2 heterocycles. The van der Waals surface area contributed by atoms with Crippen molar-refractivity contribution in [3.05, 3.63) is 17.0 Å². The van der Waals surface area contributed by atoms with Crippen LogP contribution in [0.3, 0.4) is 0 Å². The molecule has 1 fully saturated rings. The second-order valence-corrected chi connectivity index (χ2v) is 8.28. The van der Waals surface area contributed by atoms with E-state index in [-0.39, 0.29) is 0 Å². The molecule has 4 nitrogen and oxygen atoms in total. The van der Waals surface area contributed by atoms with Crippen LogP contribution < -0.4 is 0 Å². The third-order valence-electron chi connectivity index (χ3n) is 3.25. The van der Waals surface area contributed by atoms with Gasteiger partial charge in [-0.2, -0.15) is 4.31 Å². The SMILES string of the molecule is COCC1CCCN(S(=O)(=O)c2ccc(CCl)s2)C1. The fourth-order valence-corrected chi connectivity index (χ4v) is 5.48. The van der Waals surface area contributed by atoms with Gasteiger partial charge in [0.1, 0.15) is 4.21 Å². The van der Waals surface area contributed by atoms with Gasteiger partial charge in [-0.1, -0.05) is 0 Å². The summed E-state index contributed by atoms with van der Waals surface area (Å²) < 4.78 is 32.1. The predicted octanol–water partition coefficient (Wildman–Crippen LogP) is 2.53. The number of ether oxygens (including phenoxy) is 1. The van der Waals surface area contributed by atoms with Gasteiger partial charge < -0.3 is 4.74 Å². The van der Waals surface area contributed by atoms with Crippen LogP contribution in [0, 0.1) is 5.92 Å². The van der Waals surface area contributed by atoms with Gasteiger partial charge >= 0.3 is 0 Å². The number of sulfonamides is 1. The lowest BCUT2D eigenvalue weighted by molar-refractivity contribution is 0.118. The van der Waals surface area contributed by atoms with Crippen LogP contribution in [0.2, 0.25) is 0 Å². The molecular weight excluding hydrogens is 306 g/mol. The summed E-state index contributed by atoms with van der Waals surface area (Å²) in [6.45, 7) is 1.75. The first kappa shape index (κ1) is 15.3. The van der Waals surface area contributed by atoms with E-state index in [1.54, 1.807) is 23.5 Å². The standard InChI is InChI=1S/C12H18ClNO3S2/c1-17-9-10-3-2-6-14(8-10)19(15,16)12-5-4-11(7-13)18-12/h4-5,10H,2-3,6-9H2,1H3. The first-order valence-corrected chi connectivity index (χ1v) is 9.00. The number of methoxy groups -OCH3 is 1. The van der Waals surface area contributed by atoms with E-state index in [1.807, 2.05) is 0 Å². The fourth-order valence-electron chi connectivity index (χ4n) is 2.31. The summed E-state index contributed by atoms with van der Waals surface area (Å²) in [5.41, 5.74) is 0. The Labute approximate surface area is 123 Å². The first-order chi connectivity index (χ1) is 9.07. The second kappa shape index (κ2) is 6.54. The highest BCUT2D eigenvalue weighted by molar-refractivity contribution is 7.91. The van der Waals surface area contributed by atoms with Crippen LogP contribution in [0.1, 0.15) is 17.7 Å². The number of nitrogens with zero attached hydrogens (tertiary/aromatic N) is 1. The number of hydrogen-bond acceptors (Lipinski definition) is 4. The molecular formula is C12H18ClNO3S2. The maximum Gasteiger partial charge on any atom is 0.252 e. The molecule has 0 radical (unpaired) electrons. The lowest BCUT2D eigenvalue weighted by atomic mass is 10.0. The molecule has 1 aromatic rings. The van der Waals surface area contributed by atoms with Crippen LogP contribution in [0.15, 0.2) is 16.3 Å². The summed E-state index contributed by atoms with van der Waals surface area (Å²) in [5, 5.41) is 0. The Morgan fingerprint density at radius 2 is 2.32 bits per heavy atom. The highest BCUT2D eigenvalue weighted by Crippen LogP contribution is 2.29. The fraction of sp³-hybridized carbons (Fsp3) is 0.667. The van der Waals surface area contributed by atoms with E-state index in [4.69, 9.17) is 16.3 Å². The van der Waals surface area contributed by atoms with Crippen LogP contribution in [0.4, 0.5) is 0 Å². The number of thiophene rings is 1. The van der Waals surface area contributed by atoms with Gasteiger partial charge in [-0.25, -0.2) is 8.42 Å². The van der Waals surface area contributed by atoms with E-state index in [0.717, 1.165) is 17.7 Å². The van der Waals surface area contributed by atoms with Crippen molar-refractivity contribution >= 4 is 33.0 Å². The normalized spacial score (nSPS) is 21.7. The molecule has 108 valence electrons. The highest BCUT2D eigenvalue weighted by Gasteiger charge is 2.31. The molecule has 0 N–H and O–H groups in total. The average molecular weight is 324 g/mol. The van der Waals surface area contributed by atoms with E-state index in [2.05, 4.69) is 0 Å². The predicted molar refractivity (Wildman–Crippen MR) is 77.2 cm³/mol. The zero-order valence-corrected chi connectivity index (χ0v) is 13.2. The van der Waals surface area contributed by atoms with E-state index >= 15 is 0 Å². The van der Waals surface area contributed by atoms with Gasteiger partial charge in [-0.15, -0.1) is 22.9 Å². The van der Waals surface area contributed by atoms with Crippen LogP contribution in [0.5, 0.6) is 0 Å². The van der Waals surface area contributed by atoms with Crippen molar-refractivity contribution in [3.8, 4) is 0 Å². The van der Waals surface area contributed by atoms with Crippen LogP contribution in [-0.4, -0.2) is 39.5 Å². The Bertz CT molecular complexity index is 513. The molecule has 1 saturated heterocycles. The molecule has 1 unspecified atom stereocenters. The van der Waals surface area contributed by atoms with Crippen LogP contribution in [-0.2, 0) is 20.6 Å². The summed E-state index contributed by atoms with van der Waals surface area (Å²) in [4.78, 5) is 0.880. The topological polar surface area (TPSA) is 46.6 Å². The zero-order valence-electron chi connectivity index (χ0n) is 10.8. The van der Waals surface area contributed by atoms with Crippen molar-refractivity contribution < 1.29 is 13.2 Å². The number of rotatable bonds is 5. The first-order valence-electron chi connectivity index (χ1n) is 6.21. The molecule has 1 atom stereocenters. The molecule has 1 aliphatic rings. The van der Waals surface area contributed by atoms with Gasteiger partial charge in [0.25, 0.3) is 10.0 Å². The van der Waals surface area contributed by atoms with Crippen molar-refractivity contribution in [1.29, 1.82) is 0 Å². The minimum absolute atomic E-state index is 0.293. The monoisotopic (exact) mass is 323 g/mol. The molecule has 0 saturated carbocycles. The van der Waals surface area contributed by atoms with E-state index < -0.39 is 10.0 Å². The Balaban J connectivity index is 2.14. The third-order valence-corrected chi connectivity index (χ3v) is 7.11. The minimum atomic E-state index is -3.36. The summed E-state index contributed by atoms with van der Waals surface area (Å²) in [5.74, 6) is 0.646. The van der Waals surface area contributed by atoms with Gasteiger partial charge in [0.2, 0.25) is 0 Å². The average Bonchev–Trinajstić information content (AvgIpc) is 2.89. The number of alkyl halides is 1. The smallest absolute Gasteiger partial charge is 0.252 e. The lowest BCUT2D eigenvalue weighted by Crippen LogP contribution is -2.40. The van der Waals surface area contributed by atoms with Crippen molar-refractivity contribution in [1.82, 2.24) is 4.31 Å². The Hall–Kier alpha value is -0.140. The molecule has 0 aliphatic carbocycles. The van der Waals surface area contributed by atoms with Gasteiger partial charge in [0.05, 0.1) is 12.5 Å². The van der Waals surface area contributed by atoms with Crippen molar-refractivity contribution in [3.63, 3.8) is 0 Å². The number of piperidine rings is 1. The van der Waals surface area contributed by atoms with Gasteiger partial charge in [-0.3, -0.25) is 0 Å². The lowest BCUT2D eigenvalue weighted by Gasteiger charge is -2.31. The maximum atomic E-state index is 12.5. The Morgan fingerprint density at radius 1 is 1.53 bits per heavy atom. The molecule has 2 rings (SSSR count). The molecule has 7 heteroatoms.